The van der Waals surface area contributed by atoms with Crippen LogP contribution in [0, 0.1) is 0 Å². The Kier molecular flexibility index (Phi) is 1.00. The van der Waals surface area contributed by atoms with Crippen LogP contribution in [0.25, 0.3) is 4.83 Å². The van der Waals surface area contributed by atoms with Crippen molar-refractivity contribution in [2.24, 2.45) is 0 Å². The molecule has 2 aromatic rings. The van der Waals surface area contributed by atoms with E-state index in [2.05, 4.69) is 4.98 Å². The molecule has 0 aromatic carbocycles. The first kappa shape index (κ1) is 5.26. The van der Waals surface area contributed by atoms with Crippen LogP contribution in [0.15, 0.2) is 17.9 Å². The summed E-state index contributed by atoms with van der Waals surface area (Å²) in [7, 11) is 0. The molecule has 0 radical (unpaired) electrons. The van der Waals surface area contributed by atoms with E-state index < -0.39 is 0 Å². The van der Waals surface area contributed by atoms with Crippen molar-refractivity contribution in [3.63, 3.8) is 0 Å². The van der Waals surface area contributed by atoms with Crippen molar-refractivity contribution in [3.8, 4) is 0 Å². The molecular formula is C5H3ClN2S. The van der Waals surface area contributed by atoms with Gasteiger partial charge in [-0.2, -0.15) is 0 Å². The van der Waals surface area contributed by atoms with E-state index in [-0.39, 0.29) is 0 Å². The minimum atomic E-state index is 0.588. The first-order valence-corrected chi connectivity index (χ1v) is 3.69. The second kappa shape index (κ2) is 1.72. The lowest BCUT2D eigenvalue weighted by Crippen LogP contribution is -1.66. The molecule has 9 heavy (non-hydrogen) atoms. The molecule has 2 rings (SSSR count). The molecule has 4 heteroatoms. The maximum atomic E-state index is 5.69. The van der Waals surface area contributed by atoms with E-state index in [1.165, 1.54) is 0 Å². The van der Waals surface area contributed by atoms with Crippen LogP contribution in [0.3, 0.4) is 0 Å². The molecule has 2 heterocycles. The predicted molar refractivity (Wildman–Crippen MR) is 38.1 cm³/mol. The molecule has 0 saturated heterocycles. The zero-order chi connectivity index (χ0) is 6.27. The highest BCUT2D eigenvalue weighted by molar-refractivity contribution is 7.16. The van der Waals surface area contributed by atoms with E-state index in [0.29, 0.717) is 5.15 Å². The molecule has 0 saturated carbocycles. The van der Waals surface area contributed by atoms with Gasteiger partial charge in [-0.15, -0.1) is 11.3 Å². The van der Waals surface area contributed by atoms with Gasteiger partial charge in [0, 0.05) is 11.6 Å². The van der Waals surface area contributed by atoms with Crippen LogP contribution in [0.5, 0.6) is 0 Å². The predicted octanol–water partition coefficient (Wildman–Crippen LogP) is 2.05. The van der Waals surface area contributed by atoms with Crippen molar-refractivity contribution in [2.75, 3.05) is 0 Å². The summed E-state index contributed by atoms with van der Waals surface area (Å²) in [5.41, 5.74) is 0. The quantitative estimate of drug-likeness (QED) is 0.574. The SMILES string of the molecule is Clc1ncn2ccsc12. The normalized spacial score (nSPS) is 10.8. The molecule has 0 spiro atoms. The summed E-state index contributed by atoms with van der Waals surface area (Å²) in [4.78, 5) is 4.91. The monoisotopic (exact) mass is 158 g/mol. The minimum absolute atomic E-state index is 0.588. The van der Waals surface area contributed by atoms with Gasteiger partial charge in [-0.3, -0.25) is 4.40 Å². The van der Waals surface area contributed by atoms with Gasteiger partial charge in [0.15, 0.2) is 5.15 Å². The molecule has 0 fully saturated rings. The fourth-order valence-corrected chi connectivity index (χ4v) is 1.68. The molecule has 0 unspecified atom stereocenters. The minimum Gasteiger partial charge on any atom is -0.296 e. The fourth-order valence-electron chi connectivity index (χ4n) is 0.703. The number of aromatic nitrogens is 2. The van der Waals surface area contributed by atoms with Crippen LogP contribution in [0.4, 0.5) is 0 Å². The second-order valence-corrected chi connectivity index (χ2v) is 2.90. The molecular weight excluding hydrogens is 156 g/mol. The number of nitrogens with zero attached hydrogens (tertiary/aromatic N) is 2. The molecule has 2 nitrogen and oxygen atoms in total. The number of fused-ring (bicyclic) bond motifs is 1. The number of rotatable bonds is 0. The average molecular weight is 159 g/mol. The lowest BCUT2D eigenvalue weighted by molar-refractivity contribution is 1.18. The second-order valence-electron chi connectivity index (χ2n) is 1.65. The van der Waals surface area contributed by atoms with Gasteiger partial charge in [-0.05, 0) is 0 Å². The van der Waals surface area contributed by atoms with Crippen LogP contribution >= 0.6 is 22.9 Å². The van der Waals surface area contributed by atoms with Gasteiger partial charge in [-0.1, -0.05) is 11.6 Å². The highest BCUT2D eigenvalue weighted by atomic mass is 35.5. The standard InChI is InChI=1S/C5H3ClN2S/c6-4-5-8(3-7-4)1-2-9-5/h1-3H. The summed E-state index contributed by atoms with van der Waals surface area (Å²) >= 11 is 7.28. The first-order chi connectivity index (χ1) is 4.38. The zero-order valence-electron chi connectivity index (χ0n) is 4.41. The largest absolute Gasteiger partial charge is 0.296 e. The molecule has 0 N–H and O–H groups in total. The van der Waals surface area contributed by atoms with Crippen LogP contribution in [-0.2, 0) is 0 Å². The topological polar surface area (TPSA) is 17.3 Å². The summed E-state index contributed by atoms with van der Waals surface area (Å²) in [5, 5.41) is 2.56. The number of hydrogen-bond donors (Lipinski definition) is 0. The maximum absolute atomic E-state index is 5.69. The van der Waals surface area contributed by atoms with Crippen LogP contribution in [0.2, 0.25) is 5.15 Å². The van der Waals surface area contributed by atoms with Crippen molar-refractivity contribution in [1.29, 1.82) is 0 Å². The third-order valence-corrected chi connectivity index (χ3v) is 2.38. The van der Waals surface area contributed by atoms with Gasteiger partial charge >= 0.3 is 0 Å². The van der Waals surface area contributed by atoms with Gasteiger partial charge in [-0.25, -0.2) is 4.98 Å². The summed E-state index contributed by atoms with van der Waals surface area (Å²) in [6.45, 7) is 0. The molecule has 0 aliphatic rings. The number of imidazole rings is 1. The highest BCUT2D eigenvalue weighted by Gasteiger charge is 1.99. The Balaban J connectivity index is 2.99. The lowest BCUT2D eigenvalue weighted by Gasteiger charge is -1.74. The Bertz CT molecular complexity index is 324. The molecule has 0 aliphatic heterocycles. The van der Waals surface area contributed by atoms with Crippen molar-refractivity contribution in [2.45, 2.75) is 0 Å². The molecule has 46 valence electrons. The van der Waals surface area contributed by atoms with Gasteiger partial charge in [0.1, 0.15) is 11.2 Å². The van der Waals surface area contributed by atoms with E-state index in [0.717, 1.165) is 4.83 Å². The summed E-state index contributed by atoms with van der Waals surface area (Å²) in [6.07, 6.45) is 3.63. The van der Waals surface area contributed by atoms with Gasteiger partial charge in [0.05, 0.1) is 0 Å². The smallest absolute Gasteiger partial charge is 0.165 e. The fraction of sp³-hybridized carbons (Fsp3) is 0. The Morgan fingerprint density at radius 2 is 2.56 bits per heavy atom. The van der Waals surface area contributed by atoms with Crippen molar-refractivity contribution < 1.29 is 0 Å². The van der Waals surface area contributed by atoms with E-state index in [9.17, 15) is 0 Å². The van der Waals surface area contributed by atoms with Crippen molar-refractivity contribution in [1.82, 2.24) is 9.38 Å². The lowest BCUT2D eigenvalue weighted by atomic mass is 10.9. The first-order valence-electron chi connectivity index (χ1n) is 2.43. The Morgan fingerprint density at radius 1 is 1.67 bits per heavy atom. The summed E-state index contributed by atoms with van der Waals surface area (Å²) in [6, 6.07) is 0. The number of halogens is 1. The van der Waals surface area contributed by atoms with E-state index in [4.69, 9.17) is 11.6 Å². The van der Waals surface area contributed by atoms with Crippen LogP contribution in [0.1, 0.15) is 0 Å². The summed E-state index contributed by atoms with van der Waals surface area (Å²) < 4.78 is 1.90. The van der Waals surface area contributed by atoms with E-state index >= 15 is 0 Å². The van der Waals surface area contributed by atoms with Crippen molar-refractivity contribution >= 4 is 27.8 Å². The molecule has 0 amide bonds. The van der Waals surface area contributed by atoms with E-state index in [1.54, 1.807) is 17.7 Å². The maximum Gasteiger partial charge on any atom is 0.165 e. The van der Waals surface area contributed by atoms with Gasteiger partial charge in [0.2, 0.25) is 0 Å². The number of thiazole rings is 1. The molecule has 0 atom stereocenters. The Labute approximate surface area is 60.7 Å². The average Bonchev–Trinajstić information content (AvgIpc) is 2.35. The molecule has 0 bridgehead atoms. The third-order valence-electron chi connectivity index (χ3n) is 1.11. The third kappa shape index (κ3) is 0.653. The Morgan fingerprint density at radius 3 is 3.33 bits per heavy atom. The zero-order valence-corrected chi connectivity index (χ0v) is 5.99. The van der Waals surface area contributed by atoms with Gasteiger partial charge in [0.25, 0.3) is 0 Å². The van der Waals surface area contributed by atoms with Gasteiger partial charge < -0.3 is 0 Å². The van der Waals surface area contributed by atoms with Crippen molar-refractivity contribution in [3.05, 3.63) is 23.1 Å². The molecule has 2 aromatic heterocycles. The van der Waals surface area contributed by atoms with E-state index in [1.807, 2.05) is 16.0 Å². The van der Waals surface area contributed by atoms with Crippen LogP contribution in [-0.4, -0.2) is 9.38 Å². The highest BCUT2D eigenvalue weighted by Crippen LogP contribution is 2.19. The Hall–Kier alpha value is -0.540. The summed E-state index contributed by atoms with van der Waals surface area (Å²) in [5.74, 6) is 0. The molecule has 0 aliphatic carbocycles. The number of hydrogen-bond acceptors (Lipinski definition) is 2. The van der Waals surface area contributed by atoms with Crippen LogP contribution < -0.4 is 0 Å².